The first-order chi connectivity index (χ1) is 16.1. The van der Waals surface area contributed by atoms with E-state index in [1.54, 1.807) is 24.3 Å². The van der Waals surface area contributed by atoms with Gasteiger partial charge in [0, 0.05) is 16.2 Å². The Morgan fingerprint density at radius 2 is 1.62 bits per heavy atom. The molecule has 0 fully saturated rings. The molecule has 9 heteroatoms. The van der Waals surface area contributed by atoms with Crippen LogP contribution in [0.4, 0.5) is 5.69 Å². The standard InChI is InChI=1S/C25H34IN3O4S/c1-5-19(3)27-25(31)23(6-2)28(17-16-20-10-8-7-9-11-20)24(30)18-29(34(4,32)33)22-14-12-21(26)13-15-22/h7-15,19,23H,5-6,16-18H2,1-4H3,(H,27,31)/t19-,23-/m0/s1. The lowest BCUT2D eigenvalue weighted by Crippen LogP contribution is -2.54. The van der Waals surface area contributed by atoms with E-state index in [0.29, 0.717) is 25.1 Å². The molecule has 2 aromatic rings. The van der Waals surface area contributed by atoms with E-state index in [9.17, 15) is 18.0 Å². The van der Waals surface area contributed by atoms with Gasteiger partial charge < -0.3 is 10.2 Å². The maximum atomic E-state index is 13.6. The molecule has 0 aliphatic carbocycles. The molecule has 0 heterocycles. The predicted molar refractivity (Wildman–Crippen MR) is 145 cm³/mol. The third kappa shape index (κ3) is 8.26. The van der Waals surface area contributed by atoms with Gasteiger partial charge in [0.1, 0.15) is 12.6 Å². The van der Waals surface area contributed by atoms with Gasteiger partial charge in [0.15, 0.2) is 0 Å². The molecular weight excluding hydrogens is 565 g/mol. The summed E-state index contributed by atoms with van der Waals surface area (Å²) in [6.07, 6.45) is 2.83. The zero-order valence-corrected chi connectivity index (χ0v) is 23.2. The molecule has 2 aromatic carbocycles. The molecule has 34 heavy (non-hydrogen) atoms. The Hall–Kier alpha value is -2.14. The van der Waals surface area contributed by atoms with Crippen LogP contribution in [0.1, 0.15) is 39.2 Å². The van der Waals surface area contributed by atoms with Crippen LogP contribution in [0.3, 0.4) is 0 Å². The van der Waals surface area contributed by atoms with E-state index in [0.717, 1.165) is 26.1 Å². The number of sulfonamides is 1. The fraction of sp³-hybridized carbons (Fsp3) is 0.440. The lowest BCUT2D eigenvalue weighted by molar-refractivity contribution is -0.139. The van der Waals surface area contributed by atoms with Gasteiger partial charge in [-0.3, -0.25) is 13.9 Å². The molecule has 0 radical (unpaired) electrons. The fourth-order valence-electron chi connectivity index (χ4n) is 3.56. The summed E-state index contributed by atoms with van der Waals surface area (Å²) in [6.45, 7) is 5.69. The number of anilines is 1. The molecule has 0 aliphatic rings. The van der Waals surface area contributed by atoms with Crippen molar-refractivity contribution in [3.63, 3.8) is 0 Å². The second kappa shape index (κ2) is 13.1. The third-order valence-corrected chi connectivity index (χ3v) is 7.52. The Bertz CT molecular complexity index is 1050. The molecule has 0 saturated carbocycles. The minimum absolute atomic E-state index is 0.0214. The number of nitrogens with one attached hydrogen (secondary N) is 1. The van der Waals surface area contributed by atoms with Gasteiger partial charge >= 0.3 is 0 Å². The third-order valence-electron chi connectivity index (χ3n) is 5.66. The number of halogens is 1. The summed E-state index contributed by atoms with van der Waals surface area (Å²) >= 11 is 2.14. The van der Waals surface area contributed by atoms with E-state index in [1.165, 1.54) is 4.90 Å². The summed E-state index contributed by atoms with van der Waals surface area (Å²) in [7, 11) is -3.72. The molecule has 0 aliphatic heterocycles. The quantitative estimate of drug-likeness (QED) is 0.376. The first-order valence-electron chi connectivity index (χ1n) is 11.4. The number of benzene rings is 2. The topological polar surface area (TPSA) is 86.8 Å². The number of carbonyl (C=O) groups is 2. The van der Waals surface area contributed by atoms with Gasteiger partial charge in [0.05, 0.1) is 11.9 Å². The van der Waals surface area contributed by atoms with E-state index < -0.39 is 22.0 Å². The van der Waals surface area contributed by atoms with Crippen LogP contribution in [0, 0.1) is 3.57 Å². The summed E-state index contributed by atoms with van der Waals surface area (Å²) in [4.78, 5) is 28.1. The monoisotopic (exact) mass is 599 g/mol. The molecule has 2 amide bonds. The van der Waals surface area contributed by atoms with Crippen molar-refractivity contribution in [3.05, 3.63) is 63.7 Å². The molecule has 0 aromatic heterocycles. The second-order valence-electron chi connectivity index (χ2n) is 8.31. The lowest BCUT2D eigenvalue weighted by Gasteiger charge is -2.33. The van der Waals surface area contributed by atoms with Crippen molar-refractivity contribution in [1.82, 2.24) is 10.2 Å². The van der Waals surface area contributed by atoms with Crippen molar-refractivity contribution in [2.75, 3.05) is 23.7 Å². The smallest absolute Gasteiger partial charge is 0.244 e. The summed E-state index contributed by atoms with van der Waals surface area (Å²) in [6, 6.07) is 15.9. The zero-order valence-electron chi connectivity index (χ0n) is 20.2. The number of amides is 2. The van der Waals surface area contributed by atoms with Crippen LogP contribution in [0.5, 0.6) is 0 Å². The number of hydrogen-bond donors (Lipinski definition) is 1. The van der Waals surface area contributed by atoms with Gasteiger partial charge in [-0.15, -0.1) is 0 Å². The average Bonchev–Trinajstić information content (AvgIpc) is 2.80. The van der Waals surface area contributed by atoms with Crippen molar-refractivity contribution in [2.45, 2.75) is 52.1 Å². The van der Waals surface area contributed by atoms with Crippen LogP contribution < -0.4 is 9.62 Å². The van der Waals surface area contributed by atoms with Crippen molar-refractivity contribution < 1.29 is 18.0 Å². The Balaban J connectivity index is 2.34. The van der Waals surface area contributed by atoms with Crippen LogP contribution in [0.15, 0.2) is 54.6 Å². The summed E-state index contributed by atoms with van der Waals surface area (Å²) < 4.78 is 27.2. The predicted octanol–water partition coefficient (Wildman–Crippen LogP) is 3.82. The van der Waals surface area contributed by atoms with Gasteiger partial charge in [-0.05, 0) is 78.6 Å². The van der Waals surface area contributed by atoms with Gasteiger partial charge in [-0.2, -0.15) is 0 Å². The average molecular weight is 600 g/mol. The number of nitrogens with zero attached hydrogens (tertiary/aromatic N) is 2. The van der Waals surface area contributed by atoms with E-state index in [2.05, 4.69) is 27.9 Å². The van der Waals surface area contributed by atoms with Gasteiger partial charge in [0.2, 0.25) is 21.8 Å². The van der Waals surface area contributed by atoms with Crippen LogP contribution in [-0.4, -0.2) is 56.6 Å². The van der Waals surface area contributed by atoms with E-state index in [1.807, 2.05) is 51.1 Å². The molecule has 7 nitrogen and oxygen atoms in total. The maximum absolute atomic E-state index is 13.6. The Morgan fingerprint density at radius 3 is 2.15 bits per heavy atom. The molecule has 2 atom stereocenters. The maximum Gasteiger partial charge on any atom is 0.244 e. The minimum atomic E-state index is -3.72. The van der Waals surface area contributed by atoms with Crippen LogP contribution in [-0.2, 0) is 26.0 Å². The Kier molecular flexibility index (Phi) is 10.8. The molecular formula is C25H34IN3O4S. The SMILES string of the molecule is CC[C@H](C)NC(=O)[C@H](CC)N(CCc1ccccc1)C(=O)CN(c1ccc(I)cc1)S(C)(=O)=O. The van der Waals surface area contributed by atoms with Crippen molar-refractivity contribution in [3.8, 4) is 0 Å². The largest absolute Gasteiger partial charge is 0.352 e. The molecule has 186 valence electrons. The Morgan fingerprint density at radius 1 is 1.00 bits per heavy atom. The first-order valence-corrected chi connectivity index (χ1v) is 14.4. The summed E-state index contributed by atoms with van der Waals surface area (Å²) in [5.41, 5.74) is 1.45. The highest BCUT2D eigenvalue weighted by Crippen LogP contribution is 2.20. The minimum Gasteiger partial charge on any atom is -0.352 e. The second-order valence-corrected chi connectivity index (χ2v) is 11.5. The Labute approximate surface area is 217 Å². The van der Waals surface area contributed by atoms with Crippen LogP contribution in [0.2, 0.25) is 0 Å². The van der Waals surface area contributed by atoms with Crippen molar-refractivity contribution in [2.24, 2.45) is 0 Å². The highest BCUT2D eigenvalue weighted by molar-refractivity contribution is 14.1. The highest BCUT2D eigenvalue weighted by atomic mass is 127. The van der Waals surface area contributed by atoms with E-state index in [-0.39, 0.29) is 18.5 Å². The number of hydrogen-bond acceptors (Lipinski definition) is 4. The molecule has 0 saturated heterocycles. The normalized spacial score (nSPS) is 13.1. The molecule has 0 bridgehead atoms. The van der Waals surface area contributed by atoms with Crippen molar-refractivity contribution in [1.29, 1.82) is 0 Å². The van der Waals surface area contributed by atoms with Gasteiger partial charge in [-0.1, -0.05) is 44.2 Å². The van der Waals surface area contributed by atoms with Crippen LogP contribution >= 0.6 is 22.6 Å². The first kappa shape index (κ1) is 28.1. The summed E-state index contributed by atoms with van der Waals surface area (Å²) in [5.74, 6) is -0.635. The molecule has 0 spiro atoms. The van der Waals surface area contributed by atoms with E-state index >= 15 is 0 Å². The highest BCUT2D eigenvalue weighted by Gasteiger charge is 2.31. The van der Waals surface area contributed by atoms with Crippen LogP contribution in [0.25, 0.3) is 0 Å². The van der Waals surface area contributed by atoms with E-state index in [4.69, 9.17) is 0 Å². The molecule has 0 unspecified atom stereocenters. The lowest BCUT2D eigenvalue weighted by atomic mass is 10.1. The zero-order chi connectivity index (χ0) is 25.3. The number of rotatable bonds is 12. The number of carbonyl (C=O) groups excluding carboxylic acids is 2. The van der Waals surface area contributed by atoms with Gasteiger partial charge in [-0.25, -0.2) is 8.42 Å². The summed E-state index contributed by atoms with van der Waals surface area (Å²) in [5, 5.41) is 2.97. The van der Waals surface area contributed by atoms with Gasteiger partial charge in [0.25, 0.3) is 0 Å². The van der Waals surface area contributed by atoms with Crippen molar-refractivity contribution >= 4 is 50.1 Å². The molecule has 1 N–H and O–H groups in total. The molecule has 2 rings (SSSR count). The fourth-order valence-corrected chi connectivity index (χ4v) is 4.77.